The summed E-state index contributed by atoms with van der Waals surface area (Å²) in [6.45, 7) is 1.58. The van der Waals surface area contributed by atoms with Crippen molar-refractivity contribution in [2.24, 2.45) is 0 Å². The lowest BCUT2D eigenvalue weighted by Crippen LogP contribution is -2.47. The number of urea groups is 1. The lowest BCUT2D eigenvalue weighted by atomic mass is 9.92. The summed E-state index contributed by atoms with van der Waals surface area (Å²) in [4.78, 5) is 40.8. The second-order valence-electron chi connectivity index (χ2n) is 5.37. The molecule has 0 spiro atoms. The molecule has 1 unspecified atom stereocenters. The molecule has 7 nitrogen and oxygen atoms in total. The number of hydrazine groups is 1. The molecule has 1 saturated heterocycles. The van der Waals surface area contributed by atoms with Gasteiger partial charge >= 0.3 is 6.03 Å². The van der Waals surface area contributed by atoms with Crippen LogP contribution in [0, 0.1) is 0 Å². The smallest absolute Gasteiger partial charge is 0.318 e. The Morgan fingerprint density at radius 3 is 2.62 bits per heavy atom. The number of carbonyl (C=O) groups is 3. The Hall–Kier alpha value is -2.93. The molecular formula is C16H13ClN4O3. The van der Waals surface area contributed by atoms with Gasteiger partial charge < -0.3 is 5.32 Å². The van der Waals surface area contributed by atoms with Gasteiger partial charge in [0.2, 0.25) is 0 Å². The van der Waals surface area contributed by atoms with Crippen LogP contribution in [0.4, 0.5) is 4.79 Å². The van der Waals surface area contributed by atoms with Gasteiger partial charge in [0.15, 0.2) is 0 Å². The van der Waals surface area contributed by atoms with E-state index in [1.54, 1.807) is 37.3 Å². The fourth-order valence-electron chi connectivity index (χ4n) is 2.42. The van der Waals surface area contributed by atoms with Crippen molar-refractivity contribution in [3.63, 3.8) is 0 Å². The summed E-state index contributed by atoms with van der Waals surface area (Å²) in [5.74, 6) is -1.22. The largest absolute Gasteiger partial charge is 0.344 e. The van der Waals surface area contributed by atoms with Crippen molar-refractivity contribution < 1.29 is 14.4 Å². The molecule has 1 aliphatic rings. The standard InChI is InChI=1S/C16H13ClN4O3/c1-16(11-5-3-2-4-6-11)14(23)21(15(24)19-16)20-13(22)10-7-8-18-12(17)9-10/h2-9H,1H3,(H,19,24)(H,20,22). The van der Waals surface area contributed by atoms with Gasteiger partial charge in [-0.15, -0.1) is 0 Å². The minimum Gasteiger partial charge on any atom is -0.318 e. The normalized spacial score (nSPS) is 20.0. The molecule has 1 fully saturated rings. The number of imide groups is 1. The van der Waals surface area contributed by atoms with Gasteiger partial charge in [-0.05, 0) is 24.6 Å². The number of amides is 4. The molecule has 0 bridgehead atoms. The van der Waals surface area contributed by atoms with Crippen molar-refractivity contribution in [2.75, 3.05) is 0 Å². The van der Waals surface area contributed by atoms with Crippen molar-refractivity contribution in [2.45, 2.75) is 12.5 Å². The Labute approximate surface area is 142 Å². The topological polar surface area (TPSA) is 91.4 Å². The van der Waals surface area contributed by atoms with Crippen LogP contribution in [0.5, 0.6) is 0 Å². The first-order valence-electron chi connectivity index (χ1n) is 7.06. The zero-order valence-corrected chi connectivity index (χ0v) is 13.4. The first-order chi connectivity index (χ1) is 11.4. The number of aromatic nitrogens is 1. The van der Waals surface area contributed by atoms with Crippen LogP contribution in [0.2, 0.25) is 5.15 Å². The Morgan fingerprint density at radius 1 is 1.25 bits per heavy atom. The molecule has 8 heteroatoms. The maximum Gasteiger partial charge on any atom is 0.344 e. The molecule has 0 saturated carbocycles. The average molecular weight is 345 g/mol. The number of hydrogen-bond donors (Lipinski definition) is 2. The van der Waals surface area contributed by atoms with Crippen LogP contribution in [0.25, 0.3) is 0 Å². The number of nitrogens with one attached hydrogen (secondary N) is 2. The van der Waals surface area contributed by atoms with Gasteiger partial charge in [0.25, 0.3) is 11.8 Å². The quantitative estimate of drug-likeness (QED) is 0.656. The van der Waals surface area contributed by atoms with E-state index in [4.69, 9.17) is 11.6 Å². The third-order valence-corrected chi connectivity index (χ3v) is 3.95. The third kappa shape index (κ3) is 2.69. The van der Waals surface area contributed by atoms with E-state index < -0.39 is 23.4 Å². The fraction of sp³-hybridized carbons (Fsp3) is 0.125. The number of halogens is 1. The van der Waals surface area contributed by atoms with E-state index in [-0.39, 0.29) is 10.7 Å². The fourth-order valence-corrected chi connectivity index (χ4v) is 2.59. The number of carbonyl (C=O) groups excluding carboxylic acids is 3. The Balaban J connectivity index is 1.84. The number of nitrogens with zero attached hydrogens (tertiary/aromatic N) is 2. The second kappa shape index (κ2) is 5.93. The van der Waals surface area contributed by atoms with Gasteiger partial charge in [-0.2, -0.15) is 5.01 Å². The summed E-state index contributed by atoms with van der Waals surface area (Å²) < 4.78 is 0. The first-order valence-corrected chi connectivity index (χ1v) is 7.44. The van der Waals surface area contributed by atoms with Gasteiger partial charge in [-0.25, -0.2) is 9.78 Å². The van der Waals surface area contributed by atoms with E-state index in [0.717, 1.165) is 0 Å². The summed E-state index contributed by atoms with van der Waals surface area (Å²) in [5, 5.41) is 3.40. The second-order valence-corrected chi connectivity index (χ2v) is 5.76. The van der Waals surface area contributed by atoms with Crippen LogP contribution < -0.4 is 10.7 Å². The summed E-state index contributed by atoms with van der Waals surface area (Å²) in [6, 6.07) is 10.8. The monoisotopic (exact) mass is 344 g/mol. The van der Waals surface area contributed by atoms with Gasteiger partial charge in [-0.1, -0.05) is 41.9 Å². The van der Waals surface area contributed by atoms with Crippen LogP contribution in [0.1, 0.15) is 22.8 Å². The van der Waals surface area contributed by atoms with E-state index in [0.29, 0.717) is 10.6 Å². The molecule has 3 rings (SSSR count). The van der Waals surface area contributed by atoms with Crippen LogP contribution in [-0.4, -0.2) is 27.8 Å². The van der Waals surface area contributed by atoms with Crippen LogP contribution in [0.15, 0.2) is 48.7 Å². The minimum atomic E-state index is -1.25. The average Bonchev–Trinajstić information content (AvgIpc) is 2.80. The lowest BCUT2D eigenvalue weighted by Gasteiger charge is -2.22. The lowest BCUT2D eigenvalue weighted by molar-refractivity contribution is -0.132. The molecule has 0 aliphatic carbocycles. The molecule has 1 atom stereocenters. The SMILES string of the molecule is CC1(c2ccccc2)NC(=O)N(NC(=O)c2ccnc(Cl)c2)C1=O. The van der Waals surface area contributed by atoms with E-state index in [1.165, 1.54) is 18.3 Å². The van der Waals surface area contributed by atoms with E-state index in [9.17, 15) is 14.4 Å². The Bertz CT molecular complexity index is 827. The Kier molecular flexibility index (Phi) is 3.94. The molecule has 1 aliphatic heterocycles. The molecule has 2 aromatic rings. The number of benzene rings is 1. The maximum atomic E-state index is 12.7. The summed E-state index contributed by atoms with van der Waals surface area (Å²) in [5.41, 5.74) is 1.85. The summed E-state index contributed by atoms with van der Waals surface area (Å²) in [7, 11) is 0. The highest BCUT2D eigenvalue weighted by atomic mass is 35.5. The van der Waals surface area contributed by atoms with Crippen molar-refractivity contribution in [1.82, 2.24) is 20.7 Å². The first kappa shape index (κ1) is 15.9. The molecule has 24 heavy (non-hydrogen) atoms. The zero-order chi connectivity index (χ0) is 17.3. The predicted octanol–water partition coefficient (Wildman–Crippen LogP) is 1.85. The molecular weight excluding hydrogens is 332 g/mol. The van der Waals surface area contributed by atoms with Crippen molar-refractivity contribution in [3.8, 4) is 0 Å². The highest BCUT2D eigenvalue weighted by molar-refractivity contribution is 6.29. The Morgan fingerprint density at radius 2 is 1.96 bits per heavy atom. The van der Waals surface area contributed by atoms with E-state index in [1.807, 2.05) is 0 Å². The van der Waals surface area contributed by atoms with E-state index in [2.05, 4.69) is 15.7 Å². The van der Waals surface area contributed by atoms with Gasteiger partial charge in [0.05, 0.1) is 0 Å². The summed E-state index contributed by atoms with van der Waals surface area (Å²) in [6.07, 6.45) is 1.36. The molecule has 2 heterocycles. The zero-order valence-electron chi connectivity index (χ0n) is 12.6. The maximum absolute atomic E-state index is 12.7. The number of pyridine rings is 1. The van der Waals surface area contributed by atoms with Crippen LogP contribution in [-0.2, 0) is 10.3 Å². The molecule has 2 N–H and O–H groups in total. The van der Waals surface area contributed by atoms with Gasteiger partial charge in [0.1, 0.15) is 10.7 Å². The van der Waals surface area contributed by atoms with Crippen LogP contribution in [0.3, 0.4) is 0 Å². The van der Waals surface area contributed by atoms with Crippen molar-refractivity contribution in [3.05, 3.63) is 64.9 Å². The highest BCUT2D eigenvalue weighted by Crippen LogP contribution is 2.27. The molecule has 0 radical (unpaired) electrons. The molecule has 122 valence electrons. The van der Waals surface area contributed by atoms with Crippen molar-refractivity contribution >= 4 is 29.4 Å². The molecule has 1 aromatic heterocycles. The van der Waals surface area contributed by atoms with E-state index >= 15 is 0 Å². The number of hydrogen-bond acceptors (Lipinski definition) is 4. The minimum absolute atomic E-state index is 0.133. The van der Waals surface area contributed by atoms with Crippen LogP contribution >= 0.6 is 11.6 Å². The highest BCUT2D eigenvalue weighted by Gasteiger charge is 2.50. The third-order valence-electron chi connectivity index (χ3n) is 3.74. The molecule has 1 aromatic carbocycles. The molecule has 4 amide bonds. The number of rotatable bonds is 3. The van der Waals surface area contributed by atoms with Gasteiger partial charge in [0, 0.05) is 11.8 Å². The predicted molar refractivity (Wildman–Crippen MR) is 85.9 cm³/mol. The van der Waals surface area contributed by atoms with Gasteiger partial charge in [-0.3, -0.25) is 15.0 Å². The summed E-state index contributed by atoms with van der Waals surface area (Å²) >= 11 is 5.74. The van der Waals surface area contributed by atoms with Crippen molar-refractivity contribution in [1.29, 1.82) is 0 Å².